The number of nitrogens with zero attached hydrogens (tertiary/aromatic N) is 2. The van der Waals surface area contributed by atoms with Gasteiger partial charge in [-0.05, 0) is 6.42 Å². The normalized spacial score (nSPS) is 17.9. The predicted octanol–water partition coefficient (Wildman–Crippen LogP) is -0.440. The minimum atomic E-state index is -0.689. The van der Waals surface area contributed by atoms with Gasteiger partial charge in [0.25, 0.3) is 0 Å². The molecule has 0 radical (unpaired) electrons. The molecule has 0 aromatic rings. The zero-order valence-electron chi connectivity index (χ0n) is 11.8. The molecule has 0 aromatic heterocycles. The van der Waals surface area contributed by atoms with E-state index in [-0.39, 0.29) is 56.6 Å². The first-order valence-corrected chi connectivity index (χ1v) is 6.52. The van der Waals surface area contributed by atoms with Crippen molar-refractivity contribution in [2.75, 3.05) is 19.9 Å². The van der Waals surface area contributed by atoms with Crippen LogP contribution in [0.2, 0.25) is 0 Å². The molecule has 0 aliphatic carbocycles. The summed E-state index contributed by atoms with van der Waals surface area (Å²) in [6, 6.07) is 0. The molecule has 0 aromatic carbocycles. The fourth-order valence-electron chi connectivity index (χ4n) is 1.84. The van der Waals surface area contributed by atoms with Crippen molar-refractivity contribution in [2.45, 2.75) is 19.3 Å². The summed E-state index contributed by atoms with van der Waals surface area (Å²) in [5.41, 5.74) is 0. The molecule has 1 fully saturated rings. The second-order valence-electron chi connectivity index (χ2n) is 4.51. The molecule has 2 rings (SSSR count). The molecule has 3 amide bonds. The van der Waals surface area contributed by atoms with Gasteiger partial charge in [-0.1, -0.05) is 12.5 Å². The molecule has 0 N–H and O–H groups in total. The first kappa shape index (κ1) is 18.8. The maximum absolute atomic E-state index is 11.6. The molecule has 1 saturated heterocycles. The van der Waals surface area contributed by atoms with E-state index in [0.717, 1.165) is 6.42 Å². The van der Waals surface area contributed by atoms with E-state index in [1.54, 1.807) is 6.08 Å². The van der Waals surface area contributed by atoms with Gasteiger partial charge in [-0.3, -0.25) is 16.0 Å². The average Bonchev–Trinajstić information content (AvgIpc) is 2.65. The van der Waals surface area contributed by atoms with Crippen molar-refractivity contribution >= 4 is 23.7 Å². The van der Waals surface area contributed by atoms with E-state index < -0.39 is 17.8 Å². The smallest absolute Gasteiger partial charge is 0.333 e. The number of imide groups is 1. The summed E-state index contributed by atoms with van der Waals surface area (Å²) in [4.78, 5) is 51.8. The second-order valence-corrected chi connectivity index (χ2v) is 4.51. The van der Waals surface area contributed by atoms with E-state index in [0.29, 0.717) is 24.6 Å². The number of hydroxylamine groups is 2. The van der Waals surface area contributed by atoms with Crippen molar-refractivity contribution in [2.24, 2.45) is 0 Å². The molecule has 2 aliphatic heterocycles. The Labute approximate surface area is 151 Å². The molecule has 0 atom stereocenters. The fraction of sp³-hybridized carbons (Fsp3) is 0.462. The number of hydrogen-bond donors (Lipinski definition) is 0. The molecule has 22 heavy (non-hydrogen) atoms. The van der Waals surface area contributed by atoms with Gasteiger partial charge in [0.15, 0.2) is 0 Å². The maximum atomic E-state index is 11.6. The average molecular weight is 533 g/mol. The summed E-state index contributed by atoms with van der Waals surface area (Å²) in [5.74, 6) is -2.06. The van der Waals surface area contributed by atoms with Gasteiger partial charge in [0.2, 0.25) is 11.8 Å². The first-order chi connectivity index (χ1) is 10.1. The zero-order chi connectivity index (χ0) is 15.2. The molecule has 0 unspecified atom stereocenters. The summed E-state index contributed by atoms with van der Waals surface area (Å²) in [5, 5.41) is 0.464. The van der Waals surface area contributed by atoms with Crippen molar-refractivity contribution in [3.8, 4) is 0 Å². The first-order valence-electron chi connectivity index (χ1n) is 6.52. The molecule has 2 heterocycles. The van der Waals surface area contributed by atoms with Crippen LogP contribution in [0.15, 0.2) is 12.2 Å². The minimum Gasteiger partial charge on any atom is -0.357 e. The van der Waals surface area contributed by atoms with Gasteiger partial charge in [-0.2, -0.15) is 0 Å². The Bertz CT molecular complexity index is 477. The molecule has 0 bridgehead atoms. The summed E-state index contributed by atoms with van der Waals surface area (Å²) >= 11 is 0. The molecular formula is C13H15N2O6U-. The number of rotatable bonds is 5. The molecule has 0 saturated carbocycles. The number of carbonyl (C=O) groups excluding carboxylic acids is 4. The molecular weight excluding hydrogens is 518 g/mol. The molecule has 2 aliphatic rings. The number of ether oxygens (including phenoxy) is 1. The van der Waals surface area contributed by atoms with Crippen LogP contribution < -0.4 is 0 Å². The SMILES string of the molecule is O=C(CCCN1COCC=CC1=O)ON1C(=O)[CH-]CC1=O.[U]. The number of amides is 3. The van der Waals surface area contributed by atoms with Crippen LogP contribution in [0.4, 0.5) is 0 Å². The van der Waals surface area contributed by atoms with Crippen LogP contribution in [0.5, 0.6) is 0 Å². The van der Waals surface area contributed by atoms with E-state index in [4.69, 9.17) is 9.57 Å². The fourth-order valence-corrected chi connectivity index (χ4v) is 1.84. The van der Waals surface area contributed by atoms with Crippen LogP contribution in [-0.2, 0) is 28.8 Å². The third-order valence-corrected chi connectivity index (χ3v) is 2.91. The summed E-state index contributed by atoms with van der Waals surface area (Å²) in [6.07, 6.45) is 4.47. The molecule has 9 heteroatoms. The van der Waals surface area contributed by atoms with Gasteiger partial charge in [-0.25, -0.2) is 4.79 Å². The van der Waals surface area contributed by atoms with Crippen molar-refractivity contribution in [1.29, 1.82) is 0 Å². The van der Waals surface area contributed by atoms with Gasteiger partial charge in [0, 0.05) is 50.2 Å². The monoisotopic (exact) mass is 533 g/mol. The summed E-state index contributed by atoms with van der Waals surface area (Å²) < 4.78 is 5.17. The van der Waals surface area contributed by atoms with Gasteiger partial charge in [0.05, 0.1) is 6.61 Å². The van der Waals surface area contributed by atoms with Gasteiger partial charge >= 0.3 is 5.97 Å². The zero-order valence-corrected chi connectivity index (χ0v) is 16.0. The Balaban J connectivity index is 0.00000242. The van der Waals surface area contributed by atoms with E-state index in [9.17, 15) is 19.2 Å². The predicted molar refractivity (Wildman–Crippen MR) is 67.8 cm³/mol. The van der Waals surface area contributed by atoms with Crippen molar-refractivity contribution in [3.63, 3.8) is 0 Å². The van der Waals surface area contributed by atoms with Gasteiger partial charge in [0.1, 0.15) is 12.6 Å². The largest absolute Gasteiger partial charge is 0.357 e. The third kappa shape index (κ3) is 5.16. The minimum absolute atomic E-state index is 0. The van der Waals surface area contributed by atoms with E-state index in [2.05, 4.69) is 0 Å². The Kier molecular flexibility index (Phi) is 7.65. The van der Waals surface area contributed by atoms with Crippen molar-refractivity contribution in [3.05, 3.63) is 18.6 Å². The topological polar surface area (TPSA) is 93.2 Å². The van der Waals surface area contributed by atoms with Gasteiger partial charge < -0.3 is 19.3 Å². The van der Waals surface area contributed by atoms with Crippen LogP contribution >= 0.6 is 0 Å². The van der Waals surface area contributed by atoms with Crippen LogP contribution in [-0.4, -0.2) is 53.5 Å². The Morgan fingerprint density at radius 3 is 2.82 bits per heavy atom. The Morgan fingerprint density at radius 1 is 1.36 bits per heavy atom. The van der Waals surface area contributed by atoms with Gasteiger partial charge in [-0.15, -0.1) is 5.06 Å². The molecule has 118 valence electrons. The molecule has 8 nitrogen and oxygen atoms in total. The third-order valence-electron chi connectivity index (χ3n) is 2.91. The number of carbonyl (C=O) groups is 4. The van der Waals surface area contributed by atoms with Crippen LogP contribution in [0.1, 0.15) is 19.3 Å². The van der Waals surface area contributed by atoms with Crippen molar-refractivity contribution in [1.82, 2.24) is 9.96 Å². The Morgan fingerprint density at radius 2 is 2.14 bits per heavy atom. The second kappa shape index (κ2) is 8.98. The number of hydrogen-bond acceptors (Lipinski definition) is 6. The summed E-state index contributed by atoms with van der Waals surface area (Å²) in [7, 11) is 0. The molecule has 0 spiro atoms. The van der Waals surface area contributed by atoms with Crippen molar-refractivity contribution < 1.29 is 59.9 Å². The van der Waals surface area contributed by atoms with Crippen LogP contribution in [0.25, 0.3) is 0 Å². The Hall–Kier alpha value is -1.30. The standard InChI is InChI=1S/C13H15N2O6.U/c16-10-3-2-8-20-9-14(10)7-1-4-13(19)21-15-11(17)5-6-12(15)18;/h2-3,5H,1,4,6-9H2;/q-1;. The maximum Gasteiger partial charge on any atom is 0.333 e. The van der Waals surface area contributed by atoms with E-state index >= 15 is 0 Å². The quantitative estimate of drug-likeness (QED) is 0.352. The van der Waals surface area contributed by atoms with Crippen LogP contribution in [0.3, 0.4) is 0 Å². The summed E-state index contributed by atoms with van der Waals surface area (Å²) in [6.45, 7) is 0.866. The van der Waals surface area contributed by atoms with E-state index in [1.165, 1.54) is 11.0 Å². The van der Waals surface area contributed by atoms with Crippen LogP contribution in [0, 0.1) is 37.5 Å². The van der Waals surface area contributed by atoms with E-state index in [1.807, 2.05) is 0 Å².